The van der Waals surface area contributed by atoms with Crippen LogP contribution in [0, 0.1) is 6.92 Å². The summed E-state index contributed by atoms with van der Waals surface area (Å²) in [5, 5.41) is 10.1. The van der Waals surface area contributed by atoms with Crippen molar-refractivity contribution in [1.29, 1.82) is 0 Å². The highest BCUT2D eigenvalue weighted by Gasteiger charge is 2.11. The van der Waals surface area contributed by atoms with E-state index in [9.17, 15) is 0 Å². The van der Waals surface area contributed by atoms with Gasteiger partial charge in [-0.25, -0.2) is 0 Å². The van der Waals surface area contributed by atoms with Crippen LogP contribution in [0.4, 0.5) is 5.82 Å². The first-order chi connectivity index (χ1) is 9.25. The van der Waals surface area contributed by atoms with Crippen LogP contribution in [0.1, 0.15) is 10.4 Å². The lowest BCUT2D eigenvalue weighted by atomic mass is 10.3. The number of hydrogen-bond donors (Lipinski definition) is 1. The fraction of sp³-hybridized carbons (Fsp3) is 0.250. The molecule has 0 atom stereocenters. The first-order valence-electron chi connectivity index (χ1n) is 5.88. The number of hydrogen-bond acceptors (Lipinski definition) is 5. The summed E-state index contributed by atoms with van der Waals surface area (Å²) in [6.07, 6.45) is 2.44. The molecule has 0 aromatic carbocycles. The molecule has 0 unspecified atom stereocenters. The second-order valence-electron chi connectivity index (χ2n) is 4.10. The third-order valence-electron chi connectivity index (χ3n) is 2.85. The predicted molar refractivity (Wildman–Crippen MR) is 77.0 cm³/mol. The van der Waals surface area contributed by atoms with E-state index in [0.29, 0.717) is 10.9 Å². The lowest BCUT2D eigenvalue weighted by Crippen LogP contribution is -2.11. The van der Waals surface area contributed by atoms with E-state index in [1.54, 1.807) is 15.9 Å². The molecule has 0 radical (unpaired) electrons. The lowest BCUT2D eigenvalue weighted by molar-refractivity contribution is 0.907. The van der Waals surface area contributed by atoms with Crippen LogP contribution < -0.4 is 5.32 Å². The van der Waals surface area contributed by atoms with Crippen LogP contribution in [0.5, 0.6) is 0 Å². The minimum atomic E-state index is 0.458. The molecule has 0 aliphatic carbocycles. The van der Waals surface area contributed by atoms with Crippen LogP contribution in [0.2, 0.25) is 5.15 Å². The highest BCUT2D eigenvalue weighted by Crippen LogP contribution is 2.22. The number of halogens is 1. The Morgan fingerprint density at radius 2 is 2.37 bits per heavy atom. The van der Waals surface area contributed by atoms with Gasteiger partial charge in [-0.2, -0.15) is 19.6 Å². The Bertz CT molecular complexity index is 692. The van der Waals surface area contributed by atoms with E-state index in [1.165, 1.54) is 11.2 Å². The standard InChI is InChI=1S/C12H12ClN5S/c1-8-10(13)17-12-15-7-16-18(12)11(8)14-5-4-9-3-2-6-19-9/h2-3,6-7,14H,4-5H2,1H3. The molecule has 3 aromatic rings. The molecule has 0 saturated carbocycles. The van der Waals surface area contributed by atoms with Crippen molar-refractivity contribution >= 4 is 34.5 Å². The third kappa shape index (κ3) is 2.41. The molecule has 1 N–H and O–H groups in total. The summed E-state index contributed by atoms with van der Waals surface area (Å²) in [4.78, 5) is 9.58. The topological polar surface area (TPSA) is 55.1 Å². The summed E-state index contributed by atoms with van der Waals surface area (Å²) in [5.41, 5.74) is 0.880. The minimum absolute atomic E-state index is 0.458. The van der Waals surface area contributed by atoms with E-state index >= 15 is 0 Å². The maximum atomic E-state index is 6.10. The van der Waals surface area contributed by atoms with E-state index < -0.39 is 0 Å². The van der Waals surface area contributed by atoms with Gasteiger partial charge in [-0.3, -0.25) is 0 Å². The fourth-order valence-electron chi connectivity index (χ4n) is 1.86. The van der Waals surface area contributed by atoms with Crippen molar-refractivity contribution < 1.29 is 0 Å². The van der Waals surface area contributed by atoms with Gasteiger partial charge in [0, 0.05) is 17.0 Å². The molecule has 0 spiro atoms. The first-order valence-corrected chi connectivity index (χ1v) is 7.13. The van der Waals surface area contributed by atoms with Gasteiger partial charge in [-0.05, 0) is 24.8 Å². The van der Waals surface area contributed by atoms with Gasteiger partial charge in [-0.1, -0.05) is 17.7 Å². The van der Waals surface area contributed by atoms with Crippen molar-refractivity contribution in [3.63, 3.8) is 0 Å². The average Bonchev–Trinajstić information content (AvgIpc) is 3.04. The quantitative estimate of drug-likeness (QED) is 0.752. The molecular formula is C12H12ClN5S. The number of fused-ring (bicyclic) bond motifs is 1. The van der Waals surface area contributed by atoms with Crippen LogP contribution in [0.25, 0.3) is 5.78 Å². The van der Waals surface area contributed by atoms with Crippen LogP contribution in [-0.4, -0.2) is 26.1 Å². The maximum Gasteiger partial charge on any atom is 0.255 e. The Morgan fingerprint density at radius 3 is 3.16 bits per heavy atom. The molecule has 3 heterocycles. The van der Waals surface area contributed by atoms with Gasteiger partial charge in [0.05, 0.1) is 0 Å². The second-order valence-corrected chi connectivity index (χ2v) is 5.49. The maximum absolute atomic E-state index is 6.10. The molecule has 19 heavy (non-hydrogen) atoms. The summed E-state index contributed by atoms with van der Waals surface area (Å²) >= 11 is 7.86. The lowest BCUT2D eigenvalue weighted by Gasteiger charge is -2.11. The van der Waals surface area contributed by atoms with Gasteiger partial charge in [0.1, 0.15) is 17.3 Å². The average molecular weight is 294 g/mol. The zero-order valence-corrected chi connectivity index (χ0v) is 11.9. The van der Waals surface area contributed by atoms with Crippen molar-refractivity contribution in [3.05, 3.63) is 39.4 Å². The van der Waals surface area contributed by atoms with Gasteiger partial charge in [0.15, 0.2) is 0 Å². The van der Waals surface area contributed by atoms with Crippen LogP contribution in [0.15, 0.2) is 23.8 Å². The van der Waals surface area contributed by atoms with Gasteiger partial charge in [-0.15, -0.1) is 11.3 Å². The van der Waals surface area contributed by atoms with E-state index in [0.717, 1.165) is 24.3 Å². The summed E-state index contributed by atoms with van der Waals surface area (Å²) in [7, 11) is 0. The Morgan fingerprint density at radius 1 is 1.47 bits per heavy atom. The number of anilines is 1. The normalized spacial score (nSPS) is 11.1. The highest BCUT2D eigenvalue weighted by atomic mass is 35.5. The van der Waals surface area contributed by atoms with Gasteiger partial charge in [0.2, 0.25) is 0 Å². The van der Waals surface area contributed by atoms with E-state index in [-0.39, 0.29) is 0 Å². The van der Waals surface area contributed by atoms with Gasteiger partial charge < -0.3 is 5.32 Å². The Balaban J connectivity index is 1.83. The van der Waals surface area contributed by atoms with Crippen molar-refractivity contribution in [2.24, 2.45) is 0 Å². The Hall–Kier alpha value is -1.66. The number of thiophene rings is 1. The number of aromatic nitrogens is 4. The molecule has 7 heteroatoms. The van der Waals surface area contributed by atoms with Crippen molar-refractivity contribution in [2.75, 3.05) is 11.9 Å². The van der Waals surface area contributed by atoms with Gasteiger partial charge >= 0.3 is 0 Å². The molecule has 0 aliphatic rings. The fourth-order valence-corrected chi connectivity index (χ4v) is 2.74. The molecular weight excluding hydrogens is 282 g/mol. The Kier molecular flexibility index (Phi) is 3.35. The number of rotatable bonds is 4. The summed E-state index contributed by atoms with van der Waals surface area (Å²) in [6, 6.07) is 4.19. The number of nitrogens with zero attached hydrogens (tertiary/aromatic N) is 4. The van der Waals surface area contributed by atoms with Crippen molar-refractivity contribution in [3.8, 4) is 0 Å². The van der Waals surface area contributed by atoms with E-state index in [2.05, 4.69) is 37.9 Å². The molecule has 3 aromatic heterocycles. The zero-order valence-electron chi connectivity index (χ0n) is 10.3. The van der Waals surface area contributed by atoms with Crippen LogP contribution >= 0.6 is 22.9 Å². The van der Waals surface area contributed by atoms with E-state index in [4.69, 9.17) is 11.6 Å². The highest BCUT2D eigenvalue weighted by molar-refractivity contribution is 7.09. The smallest absolute Gasteiger partial charge is 0.255 e. The third-order valence-corrected chi connectivity index (χ3v) is 4.15. The van der Waals surface area contributed by atoms with Gasteiger partial charge in [0.25, 0.3) is 5.78 Å². The summed E-state index contributed by atoms with van der Waals surface area (Å²) in [5.74, 6) is 1.36. The minimum Gasteiger partial charge on any atom is -0.369 e. The summed E-state index contributed by atoms with van der Waals surface area (Å²) < 4.78 is 1.68. The molecule has 0 saturated heterocycles. The molecule has 0 bridgehead atoms. The van der Waals surface area contributed by atoms with Crippen LogP contribution in [-0.2, 0) is 6.42 Å². The summed E-state index contributed by atoms with van der Waals surface area (Å²) in [6.45, 7) is 2.74. The van der Waals surface area contributed by atoms with E-state index in [1.807, 2.05) is 6.92 Å². The Labute approximate surface area is 119 Å². The first kappa shape index (κ1) is 12.4. The molecule has 3 rings (SSSR count). The predicted octanol–water partition coefficient (Wildman–Crippen LogP) is 2.80. The monoisotopic (exact) mass is 293 g/mol. The van der Waals surface area contributed by atoms with Crippen LogP contribution in [0.3, 0.4) is 0 Å². The molecule has 0 aliphatic heterocycles. The number of nitrogens with one attached hydrogen (secondary N) is 1. The molecule has 5 nitrogen and oxygen atoms in total. The SMILES string of the molecule is Cc1c(Cl)nc2ncnn2c1NCCc1cccs1. The molecule has 98 valence electrons. The zero-order chi connectivity index (χ0) is 13.2. The molecule has 0 amide bonds. The van der Waals surface area contributed by atoms with Crippen molar-refractivity contribution in [1.82, 2.24) is 19.6 Å². The second kappa shape index (κ2) is 5.14. The van der Waals surface area contributed by atoms with Crippen molar-refractivity contribution in [2.45, 2.75) is 13.3 Å². The largest absolute Gasteiger partial charge is 0.369 e. The molecule has 0 fully saturated rings.